The molecule has 2 aromatic rings. The van der Waals surface area contributed by atoms with Crippen molar-refractivity contribution in [2.45, 2.75) is 18.3 Å². The Bertz CT molecular complexity index is 578. The highest BCUT2D eigenvalue weighted by molar-refractivity contribution is 7.13. The fourth-order valence-electron chi connectivity index (χ4n) is 2.06. The molecule has 3 rings (SSSR count). The molecular weight excluding hydrogens is 268 g/mol. The minimum atomic E-state index is -0.406. The van der Waals surface area contributed by atoms with Crippen molar-refractivity contribution in [1.82, 2.24) is 4.98 Å². The van der Waals surface area contributed by atoms with Gasteiger partial charge in [-0.15, -0.1) is 11.3 Å². The molecule has 0 saturated heterocycles. The number of rotatable bonds is 3. The fourth-order valence-corrected chi connectivity index (χ4v) is 2.77. The predicted molar refractivity (Wildman–Crippen MR) is 73.1 cm³/mol. The van der Waals surface area contributed by atoms with E-state index in [0.717, 1.165) is 18.4 Å². The van der Waals surface area contributed by atoms with E-state index in [1.54, 1.807) is 6.20 Å². The average molecular weight is 279 g/mol. The number of amides is 1. The zero-order valence-corrected chi connectivity index (χ0v) is 11.1. The van der Waals surface area contributed by atoms with Gasteiger partial charge in [-0.1, -0.05) is 23.7 Å². The van der Waals surface area contributed by atoms with Gasteiger partial charge < -0.3 is 5.32 Å². The summed E-state index contributed by atoms with van der Waals surface area (Å²) in [6.07, 6.45) is 3.41. The number of carbonyl (C=O) groups is 1. The Morgan fingerprint density at radius 2 is 2.28 bits per heavy atom. The van der Waals surface area contributed by atoms with Crippen molar-refractivity contribution in [3.05, 3.63) is 46.4 Å². The number of benzene rings is 1. The SMILES string of the molecule is O=C(Nc1nccs1)C1(c2cccc(Cl)c2)CC1. The first-order valence-electron chi connectivity index (χ1n) is 5.68. The van der Waals surface area contributed by atoms with Crippen molar-refractivity contribution in [2.24, 2.45) is 0 Å². The van der Waals surface area contributed by atoms with Crippen LogP contribution in [-0.2, 0) is 10.2 Å². The molecule has 0 aliphatic heterocycles. The highest BCUT2D eigenvalue weighted by Gasteiger charge is 2.51. The molecule has 0 spiro atoms. The number of anilines is 1. The molecular formula is C13H11ClN2OS. The summed E-state index contributed by atoms with van der Waals surface area (Å²) in [5, 5.41) is 6.02. The number of halogens is 1. The quantitative estimate of drug-likeness (QED) is 0.934. The van der Waals surface area contributed by atoms with E-state index in [1.165, 1.54) is 11.3 Å². The highest BCUT2D eigenvalue weighted by Crippen LogP contribution is 2.49. The molecule has 0 atom stereocenters. The van der Waals surface area contributed by atoms with E-state index in [1.807, 2.05) is 29.6 Å². The van der Waals surface area contributed by atoms with Gasteiger partial charge in [0.2, 0.25) is 5.91 Å². The first-order valence-corrected chi connectivity index (χ1v) is 6.93. The molecule has 1 saturated carbocycles. The third kappa shape index (κ3) is 2.02. The Morgan fingerprint density at radius 3 is 2.89 bits per heavy atom. The monoisotopic (exact) mass is 278 g/mol. The van der Waals surface area contributed by atoms with Crippen molar-refractivity contribution in [2.75, 3.05) is 5.32 Å². The third-order valence-electron chi connectivity index (χ3n) is 3.21. The first kappa shape index (κ1) is 11.7. The van der Waals surface area contributed by atoms with Crippen LogP contribution < -0.4 is 5.32 Å². The molecule has 18 heavy (non-hydrogen) atoms. The van der Waals surface area contributed by atoms with Crippen molar-refractivity contribution < 1.29 is 4.79 Å². The maximum Gasteiger partial charge on any atom is 0.236 e. The maximum absolute atomic E-state index is 12.3. The number of thiazole rings is 1. The summed E-state index contributed by atoms with van der Waals surface area (Å²) in [6.45, 7) is 0. The van der Waals surface area contributed by atoms with Crippen LogP contribution >= 0.6 is 22.9 Å². The third-order valence-corrected chi connectivity index (χ3v) is 4.14. The molecule has 1 amide bonds. The smallest absolute Gasteiger partial charge is 0.236 e. The number of hydrogen-bond donors (Lipinski definition) is 1. The lowest BCUT2D eigenvalue weighted by molar-refractivity contribution is -0.118. The Kier molecular flexibility index (Phi) is 2.84. The predicted octanol–water partition coefficient (Wildman–Crippen LogP) is 3.47. The molecule has 0 radical (unpaired) electrons. The van der Waals surface area contributed by atoms with Crippen molar-refractivity contribution in [3.8, 4) is 0 Å². The van der Waals surface area contributed by atoms with E-state index in [0.29, 0.717) is 10.2 Å². The number of aromatic nitrogens is 1. The summed E-state index contributed by atoms with van der Waals surface area (Å²) in [7, 11) is 0. The number of carbonyl (C=O) groups excluding carboxylic acids is 1. The molecule has 1 N–H and O–H groups in total. The molecule has 1 fully saturated rings. The Labute approximate surface area is 114 Å². The zero-order valence-electron chi connectivity index (χ0n) is 9.52. The number of nitrogens with zero attached hydrogens (tertiary/aromatic N) is 1. The van der Waals surface area contributed by atoms with Crippen molar-refractivity contribution in [1.29, 1.82) is 0 Å². The van der Waals surface area contributed by atoms with E-state index in [9.17, 15) is 4.79 Å². The first-order chi connectivity index (χ1) is 8.71. The van der Waals surface area contributed by atoms with Gasteiger partial charge in [0, 0.05) is 16.6 Å². The van der Waals surface area contributed by atoms with Crippen LogP contribution in [0.5, 0.6) is 0 Å². The largest absolute Gasteiger partial charge is 0.301 e. The molecule has 0 unspecified atom stereocenters. The van der Waals surface area contributed by atoms with Gasteiger partial charge in [-0.2, -0.15) is 0 Å². The zero-order chi connectivity index (χ0) is 12.6. The van der Waals surface area contributed by atoms with Crippen LogP contribution in [0.1, 0.15) is 18.4 Å². The molecule has 1 aromatic heterocycles. The lowest BCUT2D eigenvalue weighted by Crippen LogP contribution is -2.27. The van der Waals surface area contributed by atoms with Crippen molar-refractivity contribution >= 4 is 34.0 Å². The van der Waals surface area contributed by atoms with Crippen LogP contribution in [0.25, 0.3) is 0 Å². The molecule has 5 heteroatoms. The molecule has 3 nitrogen and oxygen atoms in total. The summed E-state index contributed by atoms with van der Waals surface area (Å²) < 4.78 is 0. The molecule has 1 heterocycles. The van der Waals surface area contributed by atoms with Gasteiger partial charge in [-0.25, -0.2) is 4.98 Å². The summed E-state index contributed by atoms with van der Waals surface area (Å²) in [6, 6.07) is 7.53. The maximum atomic E-state index is 12.3. The molecule has 0 bridgehead atoms. The van der Waals surface area contributed by atoms with Crippen LogP contribution in [-0.4, -0.2) is 10.9 Å². The van der Waals surface area contributed by atoms with Crippen molar-refractivity contribution in [3.63, 3.8) is 0 Å². The van der Waals surface area contributed by atoms with Gasteiger partial charge in [0.25, 0.3) is 0 Å². The Hall–Kier alpha value is -1.39. The van der Waals surface area contributed by atoms with E-state index < -0.39 is 5.41 Å². The molecule has 1 aliphatic rings. The summed E-state index contributed by atoms with van der Waals surface area (Å²) in [5.41, 5.74) is 0.584. The highest BCUT2D eigenvalue weighted by atomic mass is 35.5. The van der Waals surface area contributed by atoms with Crippen LogP contribution in [0.2, 0.25) is 5.02 Å². The van der Waals surface area contributed by atoms with Gasteiger partial charge in [0.1, 0.15) is 0 Å². The fraction of sp³-hybridized carbons (Fsp3) is 0.231. The Balaban J connectivity index is 1.85. The second-order valence-electron chi connectivity index (χ2n) is 4.38. The van der Waals surface area contributed by atoms with E-state index >= 15 is 0 Å². The second kappa shape index (κ2) is 4.37. The van der Waals surface area contributed by atoms with E-state index in [-0.39, 0.29) is 5.91 Å². The molecule has 1 aliphatic carbocycles. The van der Waals surface area contributed by atoms with Crippen LogP contribution in [0, 0.1) is 0 Å². The van der Waals surface area contributed by atoms with Gasteiger partial charge in [-0.05, 0) is 30.5 Å². The minimum Gasteiger partial charge on any atom is -0.301 e. The minimum absolute atomic E-state index is 0.0136. The Morgan fingerprint density at radius 1 is 1.44 bits per heavy atom. The van der Waals surface area contributed by atoms with Crippen LogP contribution in [0.15, 0.2) is 35.8 Å². The summed E-state index contributed by atoms with van der Waals surface area (Å²) in [5.74, 6) is 0.0136. The van der Waals surface area contributed by atoms with Gasteiger partial charge in [-0.3, -0.25) is 4.79 Å². The van der Waals surface area contributed by atoms with E-state index in [4.69, 9.17) is 11.6 Å². The van der Waals surface area contributed by atoms with Crippen LogP contribution in [0.4, 0.5) is 5.13 Å². The lowest BCUT2D eigenvalue weighted by atomic mass is 9.95. The topological polar surface area (TPSA) is 42.0 Å². The summed E-state index contributed by atoms with van der Waals surface area (Å²) in [4.78, 5) is 16.4. The van der Waals surface area contributed by atoms with Gasteiger partial charge >= 0.3 is 0 Å². The van der Waals surface area contributed by atoms with E-state index in [2.05, 4.69) is 10.3 Å². The van der Waals surface area contributed by atoms with Crippen LogP contribution in [0.3, 0.4) is 0 Å². The standard InChI is InChI=1S/C13H11ClN2OS/c14-10-3-1-2-9(8-10)13(4-5-13)11(17)16-12-15-6-7-18-12/h1-3,6-8H,4-5H2,(H,15,16,17). The second-order valence-corrected chi connectivity index (χ2v) is 5.71. The number of hydrogen-bond acceptors (Lipinski definition) is 3. The average Bonchev–Trinajstić information content (AvgIpc) is 3.03. The molecule has 1 aromatic carbocycles. The molecule has 92 valence electrons. The van der Waals surface area contributed by atoms with Gasteiger partial charge in [0.05, 0.1) is 5.41 Å². The van der Waals surface area contributed by atoms with Gasteiger partial charge in [0.15, 0.2) is 5.13 Å². The number of nitrogens with one attached hydrogen (secondary N) is 1. The summed E-state index contributed by atoms with van der Waals surface area (Å²) >= 11 is 7.41. The normalized spacial score (nSPS) is 16.3. The lowest BCUT2D eigenvalue weighted by Gasteiger charge is -2.14.